The summed E-state index contributed by atoms with van der Waals surface area (Å²) in [4.78, 5) is 38.3. The first-order chi connectivity index (χ1) is 33.7. The van der Waals surface area contributed by atoms with Gasteiger partial charge in [-0.1, -0.05) is 188 Å². The van der Waals surface area contributed by atoms with E-state index < -0.39 is 10.0 Å². The van der Waals surface area contributed by atoms with Crippen LogP contribution in [-0.2, 0) is 0 Å². The van der Waals surface area contributed by atoms with Crippen LogP contribution in [0.5, 0.6) is 0 Å². The van der Waals surface area contributed by atoms with Crippen molar-refractivity contribution < 1.29 is 0 Å². The average Bonchev–Trinajstić information content (AvgIpc) is 3.71. The second-order valence-electron chi connectivity index (χ2n) is 16.7. The molecule has 2 aliphatic heterocycles. The van der Waals surface area contributed by atoms with Crippen molar-refractivity contribution in [2.24, 2.45) is 0 Å². The van der Waals surface area contributed by atoms with Crippen molar-refractivity contribution in [1.29, 1.82) is 0 Å². The number of nitrogens with zero attached hydrogens (tertiary/aromatic N) is 7. The van der Waals surface area contributed by atoms with Crippen molar-refractivity contribution in [3.8, 4) is 79.5 Å². The Morgan fingerprint density at radius 3 is 0.897 bits per heavy atom. The summed E-state index contributed by atoms with van der Waals surface area (Å²) in [5, 5.41) is 0. The molecule has 8 heteroatoms. The van der Waals surface area contributed by atoms with E-state index in [1.165, 1.54) is 30.7 Å². The Bertz CT molecular complexity index is 3340. The minimum absolute atomic E-state index is 0.613. The maximum Gasteiger partial charge on any atom is 0.164 e. The van der Waals surface area contributed by atoms with E-state index in [1.54, 1.807) is 0 Å². The van der Waals surface area contributed by atoms with Crippen LogP contribution in [0.15, 0.2) is 256 Å². The van der Waals surface area contributed by atoms with Gasteiger partial charge in [0.15, 0.2) is 34.9 Å². The quantitative estimate of drug-likeness (QED) is 0.158. The zero-order valence-corrected chi connectivity index (χ0v) is 37.4. The van der Waals surface area contributed by atoms with E-state index in [9.17, 15) is 0 Å². The minimum atomic E-state index is -2.23. The monoisotopic (exact) mass is 889 g/mol. The lowest BCUT2D eigenvalue weighted by Crippen LogP contribution is -2.20. The highest BCUT2D eigenvalue weighted by Gasteiger charge is 2.48. The summed E-state index contributed by atoms with van der Waals surface area (Å²) in [5.41, 5.74) is 11.3. The van der Waals surface area contributed by atoms with Crippen molar-refractivity contribution >= 4 is 27.1 Å². The molecule has 68 heavy (non-hydrogen) atoms. The second-order valence-corrected chi connectivity index (χ2v) is 19.7. The number of anilines is 3. The van der Waals surface area contributed by atoms with Crippen LogP contribution in [0.2, 0.25) is 0 Å². The molecule has 1 spiro atoms. The molecule has 0 unspecified atom stereocenters. The molecular formula is C60H39N7S. The summed E-state index contributed by atoms with van der Waals surface area (Å²) in [7, 11) is -2.23. The molecule has 2 aliphatic rings. The van der Waals surface area contributed by atoms with E-state index in [2.05, 4.69) is 169 Å². The summed E-state index contributed by atoms with van der Waals surface area (Å²) in [6.45, 7) is 0. The van der Waals surface area contributed by atoms with Gasteiger partial charge in [0.05, 0.1) is 11.4 Å². The van der Waals surface area contributed by atoms with Gasteiger partial charge in [-0.3, -0.25) is 0 Å². The highest BCUT2D eigenvalue weighted by molar-refractivity contribution is 8.34. The van der Waals surface area contributed by atoms with Crippen LogP contribution in [0.25, 0.3) is 79.5 Å². The van der Waals surface area contributed by atoms with Crippen LogP contribution in [0, 0.1) is 0 Å². The number of para-hydroxylation sites is 3. The Labute approximate surface area is 395 Å². The summed E-state index contributed by atoms with van der Waals surface area (Å²) in [6, 6.07) is 82.8. The first kappa shape index (κ1) is 39.5. The minimum Gasteiger partial charge on any atom is -0.308 e. The van der Waals surface area contributed by atoms with Crippen LogP contribution in [0.3, 0.4) is 0 Å². The van der Waals surface area contributed by atoms with E-state index in [-0.39, 0.29) is 0 Å². The molecule has 0 N–H and O–H groups in total. The molecule has 0 bridgehead atoms. The Morgan fingerprint density at radius 2 is 0.544 bits per heavy atom. The predicted molar refractivity (Wildman–Crippen MR) is 273 cm³/mol. The molecule has 0 radical (unpaired) electrons. The molecule has 9 aromatic carbocycles. The van der Waals surface area contributed by atoms with E-state index in [1.807, 2.05) is 72.8 Å². The molecule has 0 fully saturated rings. The smallest absolute Gasteiger partial charge is 0.164 e. The fraction of sp³-hybridized carbons (Fsp3) is 0. The molecule has 0 atom stereocenters. The van der Waals surface area contributed by atoms with Crippen molar-refractivity contribution in [1.82, 2.24) is 29.9 Å². The number of hydrogen-bond donors (Lipinski definition) is 0. The molecule has 11 aromatic rings. The Hall–Kier alpha value is -8.85. The number of fused-ring (bicyclic) bond motifs is 9. The lowest BCUT2D eigenvalue weighted by molar-refractivity contribution is 1.07. The van der Waals surface area contributed by atoms with Crippen LogP contribution in [0.4, 0.5) is 17.1 Å². The molecule has 7 nitrogen and oxygen atoms in total. The zero-order valence-electron chi connectivity index (χ0n) is 36.6. The van der Waals surface area contributed by atoms with Crippen molar-refractivity contribution in [2.75, 3.05) is 4.90 Å². The van der Waals surface area contributed by atoms with Crippen molar-refractivity contribution in [3.63, 3.8) is 0 Å². The van der Waals surface area contributed by atoms with Gasteiger partial charge in [0.25, 0.3) is 0 Å². The van der Waals surface area contributed by atoms with Crippen molar-refractivity contribution in [2.45, 2.75) is 19.6 Å². The topological polar surface area (TPSA) is 80.6 Å². The third kappa shape index (κ3) is 6.45. The van der Waals surface area contributed by atoms with Gasteiger partial charge < -0.3 is 4.90 Å². The molecule has 0 amide bonds. The molecule has 0 aliphatic carbocycles. The largest absolute Gasteiger partial charge is 0.308 e. The molecular weight excluding hydrogens is 851 g/mol. The first-order valence-corrected chi connectivity index (χ1v) is 24.2. The van der Waals surface area contributed by atoms with Gasteiger partial charge in [-0.25, -0.2) is 29.9 Å². The van der Waals surface area contributed by atoms with Gasteiger partial charge in [0, 0.05) is 58.7 Å². The summed E-state index contributed by atoms with van der Waals surface area (Å²) >= 11 is 0. The van der Waals surface area contributed by atoms with Crippen LogP contribution in [-0.4, -0.2) is 29.9 Å². The van der Waals surface area contributed by atoms with Gasteiger partial charge in [0.1, 0.15) is 0 Å². The molecule has 0 saturated heterocycles. The highest BCUT2D eigenvalue weighted by Crippen LogP contribution is 2.84. The zero-order chi connectivity index (χ0) is 45.0. The summed E-state index contributed by atoms with van der Waals surface area (Å²) < 4.78 is 0. The molecule has 2 aromatic heterocycles. The molecule has 0 saturated carbocycles. The van der Waals surface area contributed by atoms with Gasteiger partial charge in [-0.15, -0.1) is 10.0 Å². The van der Waals surface area contributed by atoms with E-state index in [4.69, 9.17) is 29.9 Å². The fourth-order valence-corrected chi connectivity index (χ4v) is 14.2. The Balaban J connectivity index is 1.08. The van der Waals surface area contributed by atoms with Gasteiger partial charge >= 0.3 is 0 Å². The molecule has 320 valence electrons. The first-order valence-electron chi connectivity index (χ1n) is 22.6. The summed E-state index contributed by atoms with van der Waals surface area (Å²) in [6.07, 6.45) is 0. The lowest BCUT2D eigenvalue weighted by atomic mass is 10.0. The van der Waals surface area contributed by atoms with Gasteiger partial charge in [0.2, 0.25) is 0 Å². The highest BCUT2D eigenvalue weighted by atomic mass is 32.3. The maximum atomic E-state index is 5.22. The average molecular weight is 890 g/mol. The standard InChI is InChI=1S/C60H39N7S/c1-6-20-40(21-7-1)55-61-56(41-22-8-2-9-23-41)64-59(63-55)44-34-36-47-48-37-35-45(60-65-57(42-24-10-3-11-25-42)62-58(66-60)43-26-12-4-13-27-43)39-54(48)68(53(47)38-44)51-32-18-16-30-49(51)67(46-28-14-5-15-29-46)50-31-17-19-33-52(50)68/h1-39H. The lowest BCUT2D eigenvalue weighted by Gasteiger charge is -2.48. The third-order valence-electron chi connectivity index (χ3n) is 12.7. The van der Waals surface area contributed by atoms with E-state index in [0.717, 1.165) is 50.4 Å². The predicted octanol–water partition coefficient (Wildman–Crippen LogP) is 15.2. The second kappa shape index (κ2) is 16.2. The number of benzene rings is 9. The fourth-order valence-electron chi connectivity index (χ4n) is 9.65. The van der Waals surface area contributed by atoms with Crippen molar-refractivity contribution in [3.05, 3.63) is 237 Å². The number of rotatable bonds is 7. The van der Waals surface area contributed by atoms with E-state index >= 15 is 0 Å². The molecule has 4 heterocycles. The maximum absolute atomic E-state index is 5.22. The van der Waals surface area contributed by atoms with Crippen LogP contribution >= 0.6 is 10.0 Å². The normalized spacial score (nSPS) is 13.3. The third-order valence-corrected chi connectivity index (χ3v) is 16.7. The summed E-state index contributed by atoms with van der Waals surface area (Å²) in [5.74, 6) is 3.72. The van der Waals surface area contributed by atoms with Crippen LogP contribution < -0.4 is 4.90 Å². The number of hydrogen-bond acceptors (Lipinski definition) is 7. The Morgan fingerprint density at radius 1 is 0.250 bits per heavy atom. The SMILES string of the molecule is c1ccc(-c2nc(-c3ccccc3)nc(-c3ccc4c(c3)S3(c5cc(-c6nc(-c7ccccc7)nc(-c7ccccc7)n6)ccc5-4)c4ccccc4N(c4ccccc4)c4ccccc43)n2)cc1. The molecule has 13 rings (SSSR count). The van der Waals surface area contributed by atoms with Crippen LogP contribution in [0.1, 0.15) is 0 Å². The Kier molecular flexibility index (Phi) is 9.43. The van der Waals surface area contributed by atoms with Gasteiger partial charge in [-0.05, 0) is 59.7 Å². The van der Waals surface area contributed by atoms with E-state index in [0.29, 0.717) is 34.9 Å². The number of aromatic nitrogens is 6. The van der Waals surface area contributed by atoms with Gasteiger partial charge in [-0.2, -0.15) is 0 Å².